The first-order valence-corrected chi connectivity index (χ1v) is 8.43. The summed E-state index contributed by atoms with van der Waals surface area (Å²) < 4.78 is 15.1. The van der Waals surface area contributed by atoms with Crippen LogP contribution in [0.3, 0.4) is 0 Å². The van der Waals surface area contributed by atoms with Crippen molar-refractivity contribution in [1.29, 1.82) is 0 Å². The average molecular weight is 377 g/mol. The Labute approximate surface area is 136 Å². The topological polar surface area (TPSA) is 12.0 Å². The third-order valence-electron chi connectivity index (χ3n) is 3.11. The van der Waals surface area contributed by atoms with Gasteiger partial charge in [0.15, 0.2) is 0 Å². The van der Waals surface area contributed by atoms with Gasteiger partial charge < -0.3 is 5.32 Å². The minimum atomic E-state index is -0.243. The van der Waals surface area contributed by atoms with Crippen molar-refractivity contribution in [2.45, 2.75) is 26.3 Å². The lowest BCUT2D eigenvalue weighted by Crippen LogP contribution is -2.22. The van der Waals surface area contributed by atoms with E-state index in [9.17, 15) is 4.39 Å². The fraction of sp³-hybridized carbons (Fsp3) is 0.333. The van der Waals surface area contributed by atoms with Gasteiger partial charge in [-0.25, -0.2) is 4.39 Å². The Morgan fingerprint density at radius 3 is 2.70 bits per heavy atom. The molecular formula is C15H16BrClFNS. The van der Waals surface area contributed by atoms with E-state index in [2.05, 4.69) is 41.2 Å². The summed E-state index contributed by atoms with van der Waals surface area (Å²) in [5, 5.41) is 3.85. The molecule has 1 aromatic heterocycles. The zero-order chi connectivity index (χ0) is 14.7. The van der Waals surface area contributed by atoms with Gasteiger partial charge in [-0.2, -0.15) is 0 Å². The van der Waals surface area contributed by atoms with Crippen LogP contribution in [-0.2, 0) is 6.42 Å². The van der Waals surface area contributed by atoms with Crippen molar-refractivity contribution in [2.75, 3.05) is 6.54 Å². The highest BCUT2D eigenvalue weighted by Crippen LogP contribution is 2.33. The maximum atomic E-state index is 13.9. The van der Waals surface area contributed by atoms with Crippen LogP contribution < -0.4 is 5.32 Å². The molecule has 1 N–H and O–H groups in total. The van der Waals surface area contributed by atoms with Crippen LogP contribution in [0.1, 0.15) is 29.0 Å². The van der Waals surface area contributed by atoms with Crippen molar-refractivity contribution in [2.24, 2.45) is 0 Å². The minimum absolute atomic E-state index is 0.116. The highest BCUT2D eigenvalue weighted by molar-refractivity contribution is 9.11. The first kappa shape index (κ1) is 16.0. The Balaban J connectivity index is 2.25. The second-order valence-corrected chi connectivity index (χ2v) is 7.49. The fourth-order valence-corrected chi connectivity index (χ4v) is 3.89. The van der Waals surface area contributed by atoms with Gasteiger partial charge in [0.05, 0.1) is 3.79 Å². The lowest BCUT2D eigenvalue weighted by Gasteiger charge is -2.17. The summed E-state index contributed by atoms with van der Waals surface area (Å²) in [7, 11) is 0. The summed E-state index contributed by atoms with van der Waals surface area (Å²) in [6.07, 6.45) is 0.614. The van der Waals surface area contributed by atoms with Crippen LogP contribution in [0.2, 0.25) is 5.02 Å². The van der Waals surface area contributed by atoms with Crippen LogP contribution in [0.4, 0.5) is 4.39 Å². The minimum Gasteiger partial charge on any atom is -0.309 e. The SMILES string of the molecule is CCNC(Cc1ccc(Cl)cc1F)c1cc(C)c(Br)s1. The van der Waals surface area contributed by atoms with E-state index in [1.165, 1.54) is 16.5 Å². The Kier molecular flexibility index (Phi) is 5.61. The van der Waals surface area contributed by atoms with Crippen molar-refractivity contribution in [1.82, 2.24) is 5.32 Å². The van der Waals surface area contributed by atoms with Crippen LogP contribution in [0.25, 0.3) is 0 Å². The molecule has 1 unspecified atom stereocenters. The number of hydrogen-bond acceptors (Lipinski definition) is 2. The van der Waals surface area contributed by atoms with Gasteiger partial charge in [-0.3, -0.25) is 0 Å². The van der Waals surface area contributed by atoms with Gasteiger partial charge >= 0.3 is 0 Å². The number of thiophene rings is 1. The smallest absolute Gasteiger partial charge is 0.127 e. The molecule has 1 atom stereocenters. The van der Waals surface area contributed by atoms with Crippen molar-refractivity contribution < 1.29 is 4.39 Å². The van der Waals surface area contributed by atoms with Crippen LogP contribution >= 0.6 is 38.9 Å². The molecule has 5 heteroatoms. The van der Waals surface area contributed by atoms with Gasteiger partial charge in [0.25, 0.3) is 0 Å². The van der Waals surface area contributed by atoms with E-state index in [0.717, 1.165) is 10.3 Å². The summed E-state index contributed by atoms with van der Waals surface area (Å²) in [6.45, 7) is 4.96. The number of hydrogen-bond donors (Lipinski definition) is 1. The van der Waals surface area contributed by atoms with Crippen LogP contribution in [0.15, 0.2) is 28.1 Å². The molecule has 1 heterocycles. The number of halogens is 3. The molecule has 0 aliphatic carbocycles. The van der Waals surface area contributed by atoms with Crippen molar-refractivity contribution in [3.63, 3.8) is 0 Å². The fourth-order valence-electron chi connectivity index (χ4n) is 2.08. The van der Waals surface area contributed by atoms with Gasteiger partial charge in [0.1, 0.15) is 5.82 Å². The van der Waals surface area contributed by atoms with E-state index in [4.69, 9.17) is 11.6 Å². The molecule has 0 bridgehead atoms. The summed E-state index contributed by atoms with van der Waals surface area (Å²) in [5.74, 6) is -0.243. The van der Waals surface area contributed by atoms with E-state index < -0.39 is 0 Å². The lowest BCUT2D eigenvalue weighted by atomic mass is 10.0. The molecule has 0 fully saturated rings. The molecular weight excluding hydrogens is 361 g/mol. The van der Waals surface area contributed by atoms with E-state index in [-0.39, 0.29) is 11.9 Å². The Hall–Kier alpha value is -0.420. The standard InChI is InChI=1S/C15H16BrClFNS/c1-3-19-13(14-6-9(2)15(16)20-14)7-10-4-5-11(17)8-12(10)18/h4-6,8,13,19H,3,7H2,1-2H3. The highest BCUT2D eigenvalue weighted by atomic mass is 79.9. The molecule has 1 aromatic carbocycles. The molecule has 0 saturated carbocycles. The van der Waals surface area contributed by atoms with E-state index >= 15 is 0 Å². The predicted octanol–water partition coefficient (Wildman–Crippen LogP) is 5.50. The molecule has 1 nitrogen and oxygen atoms in total. The van der Waals surface area contributed by atoms with Crippen LogP contribution in [-0.4, -0.2) is 6.54 Å². The second-order valence-electron chi connectivity index (χ2n) is 4.66. The molecule has 0 amide bonds. The van der Waals surface area contributed by atoms with E-state index in [1.54, 1.807) is 23.5 Å². The molecule has 108 valence electrons. The van der Waals surface area contributed by atoms with Crippen LogP contribution in [0.5, 0.6) is 0 Å². The molecule has 20 heavy (non-hydrogen) atoms. The van der Waals surface area contributed by atoms with Crippen molar-refractivity contribution in [3.8, 4) is 0 Å². The van der Waals surface area contributed by atoms with Crippen molar-refractivity contribution in [3.05, 3.63) is 54.9 Å². The quantitative estimate of drug-likeness (QED) is 0.726. The normalized spacial score (nSPS) is 12.7. The number of rotatable bonds is 5. The summed E-state index contributed by atoms with van der Waals surface area (Å²) in [6, 6.07) is 7.13. The monoisotopic (exact) mass is 375 g/mol. The van der Waals surface area contributed by atoms with Gasteiger partial charge in [0, 0.05) is 15.9 Å². The van der Waals surface area contributed by atoms with Gasteiger partial charge in [0.2, 0.25) is 0 Å². The Morgan fingerprint density at radius 1 is 1.40 bits per heavy atom. The molecule has 2 aromatic rings. The molecule has 0 spiro atoms. The van der Waals surface area contributed by atoms with Gasteiger partial charge in [-0.15, -0.1) is 11.3 Å². The van der Waals surface area contributed by atoms with Crippen molar-refractivity contribution >= 4 is 38.9 Å². The zero-order valence-corrected chi connectivity index (χ0v) is 14.5. The number of nitrogens with one attached hydrogen (secondary N) is 1. The Morgan fingerprint density at radius 2 is 2.15 bits per heavy atom. The highest BCUT2D eigenvalue weighted by Gasteiger charge is 2.17. The van der Waals surface area contributed by atoms with Crippen LogP contribution in [0, 0.1) is 12.7 Å². The first-order chi connectivity index (χ1) is 9.51. The molecule has 0 aliphatic rings. The third-order valence-corrected chi connectivity index (χ3v) is 5.59. The zero-order valence-electron chi connectivity index (χ0n) is 11.3. The average Bonchev–Trinajstić information content (AvgIpc) is 2.72. The summed E-state index contributed by atoms with van der Waals surface area (Å²) >= 11 is 11.0. The third kappa shape index (κ3) is 3.82. The van der Waals surface area contributed by atoms with Gasteiger partial charge in [-0.05, 0) is 65.1 Å². The molecule has 0 radical (unpaired) electrons. The number of aryl methyl sites for hydroxylation is 1. The van der Waals surface area contributed by atoms with E-state index in [0.29, 0.717) is 17.0 Å². The maximum absolute atomic E-state index is 13.9. The maximum Gasteiger partial charge on any atom is 0.127 e. The number of likely N-dealkylation sites (N-methyl/N-ethyl adjacent to an activating group) is 1. The summed E-state index contributed by atoms with van der Waals surface area (Å²) in [5.41, 5.74) is 1.90. The first-order valence-electron chi connectivity index (χ1n) is 6.44. The van der Waals surface area contributed by atoms with Gasteiger partial charge in [-0.1, -0.05) is 24.6 Å². The molecule has 2 rings (SSSR count). The largest absolute Gasteiger partial charge is 0.309 e. The Bertz CT molecular complexity index is 580. The molecule has 0 saturated heterocycles. The predicted molar refractivity (Wildman–Crippen MR) is 88.3 cm³/mol. The summed E-state index contributed by atoms with van der Waals surface area (Å²) in [4.78, 5) is 1.21. The number of benzene rings is 1. The molecule has 0 aliphatic heterocycles. The second kappa shape index (κ2) is 7.03. The van der Waals surface area contributed by atoms with E-state index in [1.807, 2.05) is 0 Å². The lowest BCUT2D eigenvalue weighted by molar-refractivity contribution is 0.534.